The van der Waals surface area contributed by atoms with Crippen LogP contribution in [0.3, 0.4) is 0 Å². The first-order chi connectivity index (χ1) is 22.7. The van der Waals surface area contributed by atoms with Crippen LogP contribution in [0.4, 0.5) is 4.39 Å². The Bertz CT molecular complexity index is 2580. The number of nitrogens with zero attached hydrogens (tertiary/aromatic N) is 2. The first kappa shape index (κ1) is 26.4. The van der Waals surface area contributed by atoms with Gasteiger partial charge in [-0.3, -0.25) is 0 Å². The molecule has 46 heavy (non-hydrogen) atoms. The quantitative estimate of drug-likeness (QED) is 0.199. The first-order valence-electron chi connectivity index (χ1n) is 15.5. The molecule has 0 bridgehead atoms. The van der Waals surface area contributed by atoms with Crippen molar-refractivity contribution in [1.29, 1.82) is 0 Å². The first-order valence-corrected chi connectivity index (χ1v) is 15.5. The van der Waals surface area contributed by atoms with E-state index in [0.29, 0.717) is 0 Å². The third kappa shape index (κ3) is 4.13. The fraction of sp³-hybridized carbons (Fsp3) is 0. The van der Waals surface area contributed by atoms with Crippen molar-refractivity contribution in [1.82, 2.24) is 9.61 Å². The summed E-state index contributed by atoms with van der Waals surface area (Å²) in [6.45, 7) is 0. The summed E-state index contributed by atoms with van der Waals surface area (Å²) < 4.78 is 17.0. The van der Waals surface area contributed by atoms with Crippen LogP contribution >= 0.6 is 0 Å². The van der Waals surface area contributed by atoms with Gasteiger partial charge >= 0.3 is 0 Å². The molecule has 0 saturated carbocycles. The third-order valence-electron chi connectivity index (χ3n) is 9.07. The van der Waals surface area contributed by atoms with E-state index in [1.165, 1.54) is 28.0 Å². The van der Waals surface area contributed by atoms with Crippen LogP contribution in [0.25, 0.3) is 82.6 Å². The molecule has 0 unspecified atom stereocenters. The summed E-state index contributed by atoms with van der Waals surface area (Å²) in [5, 5.41) is 11.9. The smallest absolute Gasteiger partial charge is 0.123 e. The van der Waals surface area contributed by atoms with E-state index in [4.69, 9.17) is 5.10 Å². The Morgan fingerprint density at radius 3 is 1.83 bits per heavy atom. The van der Waals surface area contributed by atoms with Crippen LogP contribution in [0.5, 0.6) is 0 Å². The van der Waals surface area contributed by atoms with Crippen LogP contribution in [0, 0.1) is 5.82 Å². The van der Waals surface area contributed by atoms with Crippen molar-refractivity contribution in [2.45, 2.75) is 0 Å². The van der Waals surface area contributed by atoms with Crippen LogP contribution in [0.1, 0.15) is 0 Å². The number of benzene rings is 7. The Morgan fingerprint density at radius 1 is 0.435 bits per heavy atom. The Balaban J connectivity index is 1.41. The fourth-order valence-corrected chi connectivity index (χ4v) is 6.99. The van der Waals surface area contributed by atoms with Gasteiger partial charge in [-0.2, -0.15) is 5.10 Å². The standard InChI is InChI=1S/C43H27FN2/c44-32-23-22-31-26-40(29-13-3-1-4-14-29)46-43(39(31)27-32)41(30-15-5-2-6-16-30)42(45-46)38-25-24-37(35-19-9-10-20-36(35)38)34-21-11-17-28-12-7-8-18-33(28)34/h1-27H. The van der Waals surface area contributed by atoms with Gasteiger partial charge < -0.3 is 0 Å². The monoisotopic (exact) mass is 590 g/mol. The van der Waals surface area contributed by atoms with Gasteiger partial charge in [-0.25, -0.2) is 8.91 Å². The molecule has 0 aliphatic rings. The molecule has 2 nitrogen and oxygen atoms in total. The maximum atomic E-state index is 14.9. The van der Waals surface area contributed by atoms with Gasteiger partial charge in [0.1, 0.15) is 11.5 Å². The number of fused-ring (bicyclic) bond motifs is 5. The highest BCUT2D eigenvalue weighted by Gasteiger charge is 2.23. The zero-order valence-electron chi connectivity index (χ0n) is 24.9. The van der Waals surface area contributed by atoms with Crippen molar-refractivity contribution in [3.8, 4) is 44.8 Å². The van der Waals surface area contributed by atoms with E-state index in [-0.39, 0.29) is 5.82 Å². The predicted octanol–water partition coefficient (Wildman–Crippen LogP) is 11.6. The van der Waals surface area contributed by atoms with E-state index in [0.717, 1.165) is 60.7 Å². The Hall–Kier alpha value is -6.06. The SMILES string of the molecule is Fc1ccc2cc(-c3ccccc3)n3nc(-c4ccc(-c5cccc6ccccc56)c5ccccc45)c(-c4ccccc4)c3c2c1. The summed E-state index contributed by atoms with van der Waals surface area (Å²) in [4.78, 5) is 0. The van der Waals surface area contributed by atoms with Crippen molar-refractivity contribution < 1.29 is 4.39 Å². The van der Waals surface area contributed by atoms with E-state index in [1.54, 1.807) is 6.07 Å². The summed E-state index contributed by atoms with van der Waals surface area (Å²) in [5.74, 6) is -0.270. The van der Waals surface area contributed by atoms with Crippen molar-refractivity contribution in [2.75, 3.05) is 0 Å². The molecule has 0 radical (unpaired) electrons. The lowest BCUT2D eigenvalue weighted by Crippen LogP contribution is -1.96. The number of aromatic nitrogens is 2. The van der Waals surface area contributed by atoms with E-state index < -0.39 is 0 Å². The van der Waals surface area contributed by atoms with E-state index in [1.807, 2.05) is 47.0 Å². The number of halogens is 1. The normalized spacial score (nSPS) is 11.6. The summed E-state index contributed by atoms with van der Waals surface area (Å²) in [5.41, 5.74) is 9.18. The molecule has 0 fully saturated rings. The molecule has 2 aromatic heterocycles. The van der Waals surface area contributed by atoms with Crippen LogP contribution in [0.15, 0.2) is 164 Å². The molecule has 0 amide bonds. The van der Waals surface area contributed by atoms with E-state index in [2.05, 4.69) is 109 Å². The van der Waals surface area contributed by atoms with Crippen LogP contribution in [0.2, 0.25) is 0 Å². The summed E-state index contributed by atoms with van der Waals surface area (Å²) in [6.07, 6.45) is 0. The summed E-state index contributed by atoms with van der Waals surface area (Å²) >= 11 is 0. The number of rotatable bonds is 4. The molecule has 9 rings (SSSR count). The zero-order valence-corrected chi connectivity index (χ0v) is 24.9. The highest BCUT2D eigenvalue weighted by atomic mass is 19.1. The molecule has 0 saturated heterocycles. The average Bonchev–Trinajstić information content (AvgIpc) is 3.52. The second kappa shape index (κ2) is 10.5. The van der Waals surface area contributed by atoms with Crippen LogP contribution in [-0.2, 0) is 0 Å². The van der Waals surface area contributed by atoms with E-state index in [9.17, 15) is 4.39 Å². The van der Waals surface area contributed by atoms with Gasteiger partial charge in [-0.15, -0.1) is 0 Å². The van der Waals surface area contributed by atoms with Crippen LogP contribution < -0.4 is 0 Å². The molecule has 0 spiro atoms. The second-order valence-electron chi connectivity index (χ2n) is 11.7. The minimum atomic E-state index is -0.270. The van der Waals surface area contributed by atoms with Crippen molar-refractivity contribution in [3.05, 3.63) is 170 Å². The third-order valence-corrected chi connectivity index (χ3v) is 9.07. The molecule has 0 aliphatic heterocycles. The van der Waals surface area contributed by atoms with Crippen molar-refractivity contribution >= 4 is 37.8 Å². The maximum absolute atomic E-state index is 14.9. The van der Waals surface area contributed by atoms with Crippen molar-refractivity contribution in [3.63, 3.8) is 0 Å². The maximum Gasteiger partial charge on any atom is 0.123 e. The molecule has 7 aromatic carbocycles. The van der Waals surface area contributed by atoms with Gasteiger partial charge in [0, 0.05) is 22.1 Å². The van der Waals surface area contributed by atoms with Gasteiger partial charge in [0.05, 0.1) is 11.2 Å². The molecule has 3 heteroatoms. The summed E-state index contributed by atoms with van der Waals surface area (Å²) in [7, 11) is 0. The number of pyridine rings is 1. The lowest BCUT2D eigenvalue weighted by Gasteiger charge is -2.14. The van der Waals surface area contributed by atoms with Gasteiger partial charge in [-0.1, -0.05) is 146 Å². The predicted molar refractivity (Wildman–Crippen MR) is 189 cm³/mol. The molecule has 0 atom stereocenters. The minimum Gasteiger partial charge on any atom is -0.231 e. The average molecular weight is 591 g/mol. The van der Waals surface area contributed by atoms with Gasteiger partial charge in [0.25, 0.3) is 0 Å². The van der Waals surface area contributed by atoms with Gasteiger partial charge in [0.2, 0.25) is 0 Å². The van der Waals surface area contributed by atoms with E-state index >= 15 is 0 Å². The number of hydrogen-bond donors (Lipinski definition) is 0. The minimum absolute atomic E-state index is 0.270. The molecule has 2 heterocycles. The molecule has 0 aliphatic carbocycles. The lowest BCUT2D eigenvalue weighted by molar-refractivity contribution is 0.630. The zero-order chi connectivity index (χ0) is 30.6. The highest BCUT2D eigenvalue weighted by molar-refractivity contribution is 6.14. The largest absolute Gasteiger partial charge is 0.231 e. The van der Waals surface area contributed by atoms with Gasteiger partial charge in [-0.05, 0) is 61.8 Å². The van der Waals surface area contributed by atoms with Crippen molar-refractivity contribution in [2.24, 2.45) is 0 Å². The molecular formula is C43H27FN2. The molecular weight excluding hydrogens is 563 g/mol. The Labute approximate surface area is 265 Å². The Kier molecular flexibility index (Phi) is 6.04. The van der Waals surface area contributed by atoms with Gasteiger partial charge in [0.15, 0.2) is 0 Å². The summed E-state index contributed by atoms with van der Waals surface area (Å²) in [6, 6.07) is 55.9. The lowest BCUT2D eigenvalue weighted by atomic mass is 9.89. The molecule has 0 N–H and O–H groups in total. The Morgan fingerprint density at radius 2 is 1.04 bits per heavy atom. The number of hydrogen-bond acceptors (Lipinski definition) is 1. The van der Waals surface area contributed by atoms with Crippen LogP contribution in [-0.4, -0.2) is 9.61 Å². The fourth-order valence-electron chi connectivity index (χ4n) is 6.99. The second-order valence-corrected chi connectivity index (χ2v) is 11.7. The highest BCUT2D eigenvalue weighted by Crippen LogP contribution is 2.44. The molecule has 9 aromatic rings. The molecule has 216 valence electrons. The topological polar surface area (TPSA) is 17.3 Å².